The van der Waals surface area contributed by atoms with E-state index in [1.54, 1.807) is 25.9 Å². The molecule has 2 aliphatic heterocycles. The van der Waals surface area contributed by atoms with E-state index in [2.05, 4.69) is 23.6 Å². The van der Waals surface area contributed by atoms with Crippen LogP contribution in [-0.4, -0.2) is 64.0 Å². The molecule has 0 spiro atoms. The van der Waals surface area contributed by atoms with Crippen molar-refractivity contribution in [3.8, 4) is 0 Å². The lowest BCUT2D eigenvalue weighted by molar-refractivity contribution is -0.533. The minimum Gasteiger partial charge on any atom is -0.269 e. The van der Waals surface area contributed by atoms with Crippen LogP contribution in [-0.2, 0) is 10.5 Å². The fraction of sp³-hybridized carbons (Fsp3) is 0.500. The summed E-state index contributed by atoms with van der Waals surface area (Å²) < 4.78 is 2.08. The lowest BCUT2D eigenvalue weighted by atomic mass is 10.1. The van der Waals surface area contributed by atoms with Crippen LogP contribution in [0.15, 0.2) is 35.3 Å². The summed E-state index contributed by atoms with van der Waals surface area (Å²) in [4.78, 5) is 32.5. The van der Waals surface area contributed by atoms with E-state index in [9.17, 15) is 9.59 Å². The molecule has 0 aromatic heterocycles. The zero-order chi connectivity index (χ0) is 19.4. The number of fused-ring (bicyclic) bond motifs is 1. The standard InChI is InChI=1S/C20H27N4O2S/c1-4-5-6-10-13-24-16-17(22(2)20(26)23(3)18(16)25)21-19(24)27-14-15-11-8-7-9-12-15/h7-9,11-12,16H,4-6,10,13-14H2,1-3H3/q+1. The van der Waals surface area contributed by atoms with Crippen molar-refractivity contribution in [3.63, 3.8) is 0 Å². The Morgan fingerprint density at radius 1 is 1.07 bits per heavy atom. The average molecular weight is 388 g/mol. The van der Waals surface area contributed by atoms with Crippen molar-refractivity contribution in [1.82, 2.24) is 9.80 Å². The molecule has 1 aromatic carbocycles. The predicted octanol–water partition coefficient (Wildman–Crippen LogP) is 3.17. The van der Waals surface area contributed by atoms with Gasteiger partial charge in [0.25, 0.3) is 17.8 Å². The second kappa shape index (κ2) is 8.69. The molecular weight excluding hydrogens is 360 g/mol. The summed E-state index contributed by atoms with van der Waals surface area (Å²) in [5, 5.41) is 0.832. The quantitative estimate of drug-likeness (QED) is 0.533. The number of hydrogen-bond donors (Lipinski definition) is 0. The molecule has 144 valence electrons. The second-order valence-electron chi connectivity index (χ2n) is 6.92. The number of thioether (sulfide) groups is 1. The Morgan fingerprint density at radius 3 is 2.52 bits per heavy atom. The summed E-state index contributed by atoms with van der Waals surface area (Å²) in [6, 6.07) is 9.41. The molecule has 3 rings (SSSR count). The van der Waals surface area contributed by atoms with Gasteiger partial charge in [0, 0.05) is 19.8 Å². The van der Waals surface area contributed by atoms with Gasteiger partial charge in [-0.25, -0.2) is 9.37 Å². The fourth-order valence-electron chi connectivity index (χ4n) is 3.35. The first-order valence-corrected chi connectivity index (χ1v) is 10.5. The zero-order valence-corrected chi connectivity index (χ0v) is 17.0. The zero-order valence-electron chi connectivity index (χ0n) is 16.2. The number of benzene rings is 1. The molecule has 3 amide bonds. The van der Waals surface area contributed by atoms with Crippen LogP contribution >= 0.6 is 11.8 Å². The van der Waals surface area contributed by atoms with Crippen LogP contribution in [0.3, 0.4) is 0 Å². The largest absolute Gasteiger partial charge is 0.358 e. The fourth-order valence-corrected chi connectivity index (χ4v) is 4.36. The Labute approximate surface area is 164 Å². The first-order valence-electron chi connectivity index (χ1n) is 9.48. The van der Waals surface area contributed by atoms with Gasteiger partial charge in [-0.1, -0.05) is 50.1 Å². The minimum absolute atomic E-state index is 0.192. The maximum atomic E-state index is 12.8. The smallest absolute Gasteiger partial charge is 0.269 e. The van der Waals surface area contributed by atoms with E-state index in [4.69, 9.17) is 4.99 Å². The Kier molecular flexibility index (Phi) is 6.31. The number of urea groups is 1. The third-order valence-corrected chi connectivity index (χ3v) is 6.02. The third-order valence-electron chi connectivity index (χ3n) is 4.96. The number of nitrogens with zero attached hydrogens (tertiary/aromatic N) is 4. The van der Waals surface area contributed by atoms with Crippen LogP contribution in [0.4, 0.5) is 4.79 Å². The molecule has 1 fully saturated rings. The van der Waals surface area contributed by atoms with Gasteiger partial charge in [-0.05, 0) is 35.2 Å². The highest BCUT2D eigenvalue weighted by atomic mass is 32.2. The third kappa shape index (κ3) is 4.08. The van der Waals surface area contributed by atoms with E-state index in [0.717, 1.165) is 30.3 Å². The highest BCUT2D eigenvalue weighted by Crippen LogP contribution is 2.25. The van der Waals surface area contributed by atoms with Gasteiger partial charge in [0.15, 0.2) is 0 Å². The number of rotatable bonds is 7. The molecule has 1 saturated heterocycles. The number of amides is 3. The molecule has 2 aliphatic rings. The molecule has 0 radical (unpaired) electrons. The van der Waals surface area contributed by atoms with Crippen molar-refractivity contribution >= 4 is 34.7 Å². The van der Waals surface area contributed by atoms with Crippen LogP contribution in [0.25, 0.3) is 0 Å². The lowest BCUT2D eigenvalue weighted by Crippen LogP contribution is -2.61. The normalized spacial score (nSPS) is 19.7. The molecule has 0 saturated carbocycles. The highest BCUT2D eigenvalue weighted by molar-refractivity contribution is 8.13. The molecule has 0 bridgehead atoms. The van der Waals surface area contributed by atoms with Crippen molar-refractivity contribution in [2.45, 2.75) is 44.4 Å². The molecule has 1 unspecified atom stereocenters. The Morgan fingerprint density at radius 2 is 1.81 bits per heavy atom. The maximum Gasteiger partial charge on any atom is 0.358 e. The van der Waals surface area contributed by atoms with Gasteiger partial charge in [-0.15, -0.1) is 0 Å². The number of aliphatic imine (C=N–C) groups is 1. The van der Waals surface area contributed by atoms with Gasteiger partial charge >= 0.3 is 11.2 Å². The summed E-state index contributed by atoms with van der Waals surface area (Å²) in [7, 11) is 3.24. The molecule has 1 aromatic rings. The summed E-state index contributed by atoms with van der Waals surface area (Å²) >= 11 is 1.63. The SMILES string of the molecule is CCCCCC[N+]1=C(SCc2ccccc2)N=C2C1C(=O)N(C)C(=O)N2C. The summed E-state index contributed by atoms with van der Waals surface area (Å²) in [5.41, 5.74) is 1.21. The Balaban J connectivity index is 1.84. The molecule has 6 nitrogen and oxygen atoms in total. The number of hydrogen-bond acceptors (Lipinski definition) is 4. The van der Waals surface area contributed by atoms with Crippen molar-refractivity contribution in [1.29, 1.82) is 0 Å². The van der Waals surface area contributed by atoms with Gasteiger partial charge < -0.3 is 0 Å². The summed E-state index contributed by atoms with van der Waals surface area (Å²) in [5.74, 6) is 1.14. The Bertz CT molecular complexity index is 775. The Hall–Kier alpha value is -2.15. The van der Waals surface area contributed by atoms with Crippen LogP contribution in [0.2, 0.25) is 0 Å². The average Bonchev–Trinajstić information content (AvgIpc) is 3.06. The minimum atomic E-state index is -0.488. The van der Waals surface area contributed by atoms with Crippen LogP contribution in [0.5, 0.6) is 0 Å². The number of carbonyl (C=O) groups excluding carboxylic acids is 2. The number of carbonyl (C=O) groups is 2. The molecule has 27 heavy (non-hydrogen) atoms. The van der Waals surface area contributed by atoms with E-state index in [-0.39, 0.29) is 11.9 Å². The second-order valence-corrected chi connectivity index (χ2v) is 7.86. The van der Waals surface area contributed by atoms with Crippen LogP contribution in [0.1, 0.15) is 38.2 Å². The summed E-state index contributed by atoms with van der Waals surface area (Å²) in [6.07, 6.45) is 4.50. The van der Waals surface area contributed by atoms with Crippen molar-refractivity contribution in [2.75, 3.05) is 20.6 Å². The molecule has 2 heterocycles. The first-order chi connectivity index (χ1) is 13.0. The molecule has 0 N–H and O–H groups in total. The highest BCUT2D eigenvalue weighted by Gasteiger charge is 2.52. The van der Waals surface area contributed by atoms with Gasteiger partial charge in [-0.3, -0.25) is 14.6 Å². The molecule has 1 atom stereocenters. The van der Waals surface area contributed by atoms with E-state index in [1.807, 2.05) is 18.2 Å². The van der Waals surface area contributed by atoms with Crippen molar-refractivity contribution in [2.24, 2.45) is 4.99 Å². The van der Waals surface area contributed by atoms with E-state index in [0.29, 0.717) is 5.84 Å². The molecule has 7 heteroatoms. The monoisotopic (exact) mass is 387 g/mol. The van der Waals surface area contributed by atoms with E-state index >= 15 is 0 Å². The number of unbranched alkanes of at least 4 members (excludes halogenated alkanes) is 3. The van der Waals surface area contributed by atoms with Crippen LogP contribution < -0.4 is 0 Å². The van der Waals surface area contributed by atoms with Crippen molar-refractivity contribution < 1.29 is 14.2 Å². The lowest BCUT2D eigenvalue weighted by Gasteiger charge is -2.30. The van der Waals surface area contributed by atoms with Gasteiger partial charge in [0.1, 0.15) is 0 Å². The van der Waals surface area contributed by atoms with Crippen molar-refractivity contribution in [3.05, 3.63) is 35.9 Å². The van der Waals surface area contributed by atoms with Gasteiger partial charge in [0.05, 0.1) is 6.54 Å². The van der Waals surface area contributed by atoms with E-state index < -0.39 is 6.04 Å². The van der Waals surface area contributed by atoms with Gasteiger partial charge in [0.2, 0.25) is 0 Å². The molecular formula is C20H27N4O2S+. The van der Waals surface area contributed by atoms with Crippen LogP contribution in [0, 0.1) is 0 Å². The predicted molar refractivity (Wildman–Crippen MR) is 109 cm³/mol. The number of imide groups is 1. The topological polar surface area (TPSA) is 56.0 Å². The first kappa shape index (κ1) is 19.6. The van der Waals surface area contributed by atoms with Gasteiger partial charge in [-0.2, -0.15) is 0 Å². The van der Waals surface area contributed by atoms with E-state index in [1.165, 1.54) is 28.2 Å². The maximum absolute atomic E-state index is 12.8. The number of likely N-dealkylation sites (N-methyl/N-ethyl adjacent to an activating group) is 2. The number of amidine groups is 2. The summed E-state index contributed by atoms with van der Waals surface area (Å²) in [6.45, 7) is 2.96. The molecule has 0 aliphatic carbocycles.